The molecule has 2 aliphatic heterocycles. The number of hydrogen-bond acceptors (Lipinski definition) is 6. The van der Waals surface area contributed by atoms with Crippen molar-refractivity contribution in [3.05, 3.63) is 30.1 Å². The van der Waals surface area contributed by atoms with Crippen molar-refractivity contribution in [2.45, 2.75) is 74.9 Å². The molecule has 3 heterocycles. The van der Waals surface area contributed by atoms with Gasteiger partial charge in [0.2, 0.25) is 5.91 Å². The van der Waals surface area contributed by atoms with E-state index in [1.165, 1.54) is 57.1 Å². The van der Waals surface area contributed by atoms with Crippen LogP contribution in [0.15, 0.2) is 24.5 Å². The highest BCUT2D eigenvalue weighted by molar-refractivity contribution is 5.83. The highest BCUT2D eigenvalue weighted by Crippen LogP contribution is 2.42. The van der Waals surface area contributed by atoms with E-state index >= 15 is 0 Å². The van der Waals surface area contributed by atoms with Gasteiger partial charge in [-0.1, -0.05) is 0 Å². The summed E-state index contributed by atoms with van der Waals surface area (Å²) in [5, 5.41) is 20.2. The second kappa shape index (κ2) is 10.3. The van der Waals surface area contributed by atoms with Crippen molar-refractivity contribution in [1.82, 2.24) is 20.1 Å². The summed E-state index contributed by atoms with van der Waals surface area (Å²) in [6.45, 7) is 3.94. The Hall–Kier alpha value is -2.84. The minimum Gasteiger partial charge on any atom is -0.465 e. The zero-order valence-electron chi connectivity index (χ0n) is 20.3. The number of piperidine rings is 1. The van der Waals surface area contributed by atoms with Crippen LogP contribution in [0.1, 0.15) is 56.9 Å². The number of alkyl halides is 2. The predicted molar refractivity (Wildman–Crippen MR) is 127 cm³/mol. The number of carbonyl (C=O) groups is 2. The molecule has 1 atom stereocenters. The van der Waals surface area contributed by atoms with Gasteiger partial charge in [-0.05, 0) is 70.2 Å². The van der Waals surface area contributed by atoms with Crippen LogP contribution < -0.4 is 11.1 Å². The Kier molecular flexibility index (Phi) is 7.48. The van der Waals surface area contributed by atoms with Crippen LogP contribution in [-0.4, -0.2) is 75.7 Å². The van der Waals surface area contributed by atoms with Gasteiger partial charge in [-0.2, -0.15) is 5.26 Å². The fourth-order valence-corrected chi connectivity index (χ4v) is 4.93. The van der Waals surface area contributed by atoms with E-state index in [0.717, 1.165) is 25.3 Å². The smallest absolute Gasteiger partial charge is 0.407 e. The normalized spacial score (nSPS) is 22.9. The van der Waals surface area contributed by atoms with Crippen LogP contribution in [0.3, 0.4) is 0 Å². The number of pyridine rings is 1. The standard InChI is InChI=1S/C14H16F2N4O.C11H18N2O2/c15-14(16,10-2-1-7-19-8-10)4-3-11(18)12(21)20-13(9-17)5-6-13;14-10(15)13-7-11(8-13)3-5-12(6-4-11)9-1-2-9/h1-2,7-8,11H,3-6,18H2,(H,20,21);9H,1-8H2,(H,14,15)/t11-;/m0./s1. The molecule has 0 bridgehead atoms. The number of carboxylic acid groups (broad SMARTS) is 1. The van der Waals surface area contributed by atoms with E-state index < -0.39 is 35.9 Å². The molecule has 196 valence electrons. The lowest BCUT2D eigenvalue weighted by Gasteiger charge is -2.53. The Morgan fingerprint density at radius 1 is 1.28 bits per heavy atom. The topological polar surface area (TPSA) is 136 Å². The first-order valence-corrected chi connectivity index (χ1v) is 12.6. The highest BCUT2D eigenvalue weighted by atomic mass is 19.3. The second-order valence-electron chi connectivity index (χ2n) is 10.7. The van der Waals surface area contributed by atoms with Gasteiger partial charge in [-0.25, -0.2) is 13.6 Å². The number of nitrogens with two attached hydrogens (primary N) is 1. The molecule has 1 aromatic heterocycles. The molecule has 9 nitrogen and oxygen atoms in total. The molecule has 4 aliphatic rings. The Morgan fingerprint density at radius 2 is 1.94 bits per heavy atom. The number of amides is 2. The fourth-order valence-electron chi connectivity index (χ4n) is 4.93. The second-order valence-corrected chi connectivity index (χ2v) is 10.7. The van der Waals surface area contributed by atoms with Crippen molar-refractivity contribution >= 4 is 12.0 Å². The third-order valence-corrected chi connectivity index (χ3v) is 7.76. The Bertz CT molecular complexity index is 977. The number of aromatic nitrogens is 1. The van der Waals surface area contributed by atoms with Gasteiger partial charge >= 0.3 is 6.09 Å². The Morgan fingerprint density at radius 3 is 2.44 bits per heavy atom. The average molecular weight is 505 g/mol. The molecule has 0 unspecified atom stereocenters. The van der Waals surface area contributed by atoms with E-state index in [1.54, 1.807) is 4.90 Å². The van der Waals surface area contributed by atoms with Crippen molar-refractivity contribution in [2.75, 3.05) is 26.2 Å². The summed E-state index contributed by atoms with van der Waals surface area (Å²) in [5.41, 5.74) is 4.94. The number of carbonyl (C=O) groups excluding carboxylic acids is 1. The van der Waals surface area contributed by atoms with Crippen molar-refractivity contribution in [3.8, 4) is 6.07 Å². The number of nitrogens with one attached hydrogen (secondary N) is 1. The van der Waals surface area contributed by atoms with Crippen molar-refractivity contribution in [2.24, 2.45) is 11.1 Å². The zero-order valence-corrected chi connectivity index (χ0v) is 20.3. The number of likely N-dealkylation sites (tertiary alicyclic amines) is 2. The van der Waals surface area contributed by atoms with E-state index in [1.807, 2.05) is 6.07 Å². The van der Waals surface area contributed by atoms with Crippen LogP contribution in [0.5, 0.6) is 0 Å². The van der Waals surface area contributed by atoms with Crippen LogP contribution in [0, 0.1) is 16.7 Å². The Labute approximate surface area is 209 Å². The summed E-state index contributed by atoms with van der Waals surface area (Å²) in [6, 6.07) is 4.52. The summed E-state index contributed by atoms with van der Waals surface area (Å²) in [5.74, 6) is -3.64. The summed E-state index contributed by atoms with van der Waals surface area (Å²) in [4.78, 5) is 30.3. The van der Waals surface area contributed by atoms with Crippen LogP contribution in [0.2, 0.25) is 0 Å². The minimum absolute atomic E-state index is 0.171. The molecule has 5 rings (SSSR count). The predicted octanol–water partition coefficient (Wildman–Crippen LogP) is 2.68. The monoisotopic (exact) mass is 504 g/mol. The third kappa shape index (κ3) is 6.28. The maximum absolute atomic E-state index is 13.9. The van der Waals surface area contributed by atoms with Gasteiger partial charge in [-0.3, -0.25) is 9.78 Å². The maximum Gasteiger partial charge on any atom is 0.407 e. The van der Waals surface area contributed by atoms with E-state index in [4.69, 9.17) is 16.1 Å². The van der Waals surface area contributed by atoms with Gasteiger partial charge in [0.15, 0.2) is 0 Å². The van der Waals surface area contributed by atoms with E-state index in [2.05, 4.69) is 15.2 Å². The van der Waals surface area contributed by atoms with Crippen LogP contribution in [0.25, 0.3) is 0 Å². The largest absolute Gasteiger partial charge is 0.465 e. The molecule has 2 aliphatic carbocycles. The molecule has 0 aromatic carbocycles. The number of nitrogens with zero attached hydrogens (tertiary/aromatic N) is 4. The lowest BCUT2D eigenvalue weighted by molar-refractivity contribution is -0.123. The third-order valence-electron chi connectivity index (χ3n) is 7.76. The van der Waals surface area contributed by atoms with Crippen molar-refractivity contribution < 1.29 is 23.5 Å². The first kappa shape index (κ1) is 26.2. The number of hydrogen-bond donors (Lipinski definition) is 3. The molecule has 4 fully saturated rings. The lowest BCUT2D eigenvalue weighted by atomic mass is 9.72. The first-order valence-electron chi connectivity index (χ1n) is 12.6. The zero-order chi connectivity index (χ0) is 26.0. The van der Waals surface area contributed by atoms with Gasteiger partial charge in [0.1, 0.15) is 5.54 Å². The lowest BCUT2D eigenvalue weighted by Crippen LogP contribution is -2.61. The molecule has 0 radical (unpaired) electrons. The molecule has 1 aromatic rings. The summed E-state index contributed by atoms with van der Waals surface area (Å²) < 4.78 is 27.8. The van der Waals surface area contributed by atoms with E-state index in [9.17, 15) is 18.4 Å². The van der Waals surface area contributed by atoms with Gasteiger partial charge < -0.3 is 26.0 Å². The highest BCUT2D eigenvalue weighted by Gasteiger charge is 2.48. The summed E-state index contributed by atoms with van der Waals surface area (Å²) in [6.07, 6.45) is 7.37. The molecule has 2 amide bonds. The van der Waals surface area contributed by atoms with Gasteiger partial charge in [0.05, 0.1) is 12.1 Å². The average Bonchev–Trinajstić information content (AvgIpc) is 3.78. The van der Waals surface area contributed by atoms with E-state index in [-0.39, 0.29) is 12.0 Å². The van der Waals surface area contributed by atoms with Crippen molar-refractivity contribution in [1.29, 1.82) is 5.26 Å². The molecule has 11 heteroatoms. The number of rotatable bonds is 7. The molecule has 36 heavy (non-hydrogen) atoms. The summed E-state index contributed by atoms with van der Waals surface area (Å²) >= 11 is 0. The Balaban J connectivity index is 0.000000178. The fraction of sp³-hybridized carbons (Fsp3) is 0.680. The molecule has 1 spiro atoms. The first-order chi connectivity index (χ1) is 17.1. The van der Waals surface area contributed by atoms with Crippen LogP contribution >= 0.6 is 0 Å². The quantitative estimate of drug-likeness (QED) is 0.519. The van der Waals surface area contributed by atoms with Crippen LogP contribution in [-0.2, 0) is 10.7 Å². The van der Waals surface area contributed by atoms with E-state index in [0.29, 0.717) is 18.3 Å². The van der Waals surface area contributed by atoms with Crippen molar-refractivity contribution in [3.63, 3.8) is 0 Å². The van der Waals surface area contributed by atoms with Crippen LogP contribution in [0.4, 0.5) is 13.6 Å². The molecule has 2 saturated carbocycles. The molecule has 2 saturated heterocycles. The SMILES string of the molecule is N#CC1(NC(=O)[C@@H](N)CCC(F)(F)c2cccnc2)CC1.O=C(O)N1CC2(CCN(C3CC3)CC2)C1. The van der Waals surface area contributed by atoms with Gasteiger partial charge in [0, 0.05) is 48.9 Å². The number of halogens is 2. The maximum atomic E-state index is 13.9. The van der Waals surface area contributed by atoms with Gasteiger partial charge in [-0.15, -0.1) is 0 Å². The molecular formula is C25H34F2N6O3. The molecular weight excluding hydrogens is 470 g/mol. The number of nitriles is 1. The van der Waals surface area contributed by atoms with Gasteiger partial charge in [0.25, 0.3) is 5.92 Å². The summed E-state index contributed by atoms with van der Waals surface area (Å²) in [7, 11) is 0. The molecule has 4 N–H and O–H groups in total. The minimum atomic E-state index is -3.08.